The van der Waals surface area contributed by atoms with Crippen LogP contribution in [-0.2, 0) is 17.0 Å². The van der Waals surface area contributed by atoms with E-state index in [9.17, 15) is 4.79 Å². The maximum absolute atomic E-state index is 13.0. The first-order valence-corrected chi connectivity index (χ1v) is 11.3. The Bertz CT molecular complexity index is 1030. The fraction of sp³-hybridized carbons (Fsp3) is 0.318. The minimum atomic E-state index is 0.0585. The third kappa shape index (κ3) is 4.38. The molecule has 6 nitrogen and oxygen atoms in total. The van der Waals surface area contributed by atoms with Crippen LogP contribution in [0.1, 0.15) is 22.8 Å². The van der Waals surface area contributed by atoms with Crippen molar-refractivity contribution < 1.29 is 9.53 Å². The standard InChI is InChI=1S/C22H23ClN4O2S/c1-2-27-20(18-9-5-6-10-19(18)23)24-25-22(27)30-15-16-7-3-4-8-17(16)21(28)26-11-13-29-14-12-26/h3-10H,2,11-15H2,1H3. The second-order valence-corrected chi connectivity index (χ2v) is 8.23. The van der Waals surface area contributed by atoms with Crippen LogP contribution in [0.2, 0.25) is 5.02 Å². The number of hydrogen-bond acceptors (Lipinski definition) is 5. The molecule has 0 atom stereocenters. The molecule has 156 valence electrons. The lowest BCUT2D eigenvalue weighted by Gasteiger charge is -2.27. The lowest BCUT2D eigenvalue weighted by atomic mass is 10.1. The zero-order chi connectivity index (χ0) is 20.9. The van der Waals surface area contributed by atoms with Crippen molar-refractivity contribution in [1.29, 1.82) is 0 Å². The normalized spacial score (nSPS) is 14.1. The van der Waals surface area contributed by atoms with Crippen LogP contribution in [0.4, 0.5) is 0 Å². The quantitative estimate of drug-likeness (QED) is 0.530. The van der Waals surface area contributed by atoms with Gasteiger partial charge in [0.05, 0.1) is 18.2 Å². The Labute approximate surface area is 185 Å². The van der Waals surface area contributed by atoms with E-state index < -0.39 is 0 Å². The van der Waals surface area contributed by atoms with Crippen LogP contribution in [0, 0.1) is 0 Å². The summed E-state index contributed by atoms with van der Waals surface area (Å²) in [4.78, 5) is 14.9. The first kappa shape index (κ1) is 20.9. The fourth-order valence-electron chi connectivity index (χ4n) is 3.46. The lowest BCUT2D eigenvalue weighted by molar-refractivity contribution is 0.0302. The Morgan fingerprint density at radius 2 is 1.83 bits per heavy atom. The smallest absolute Gasteiger partial charge is 0.254 e. The summed E-state index contributed by atoms with van der Waals surface area (Å²) >= 11 is 7.94. The van der Waals surface area contributed by atoms with Crippen LogP contribution in [0.3, 0.4) is 0 Å². The van der Waals surface area contributed by atoms with Gasteiger partial charge in [0, 0.05) is 36.5 Å². The molecule has 8 heteroatoms. The summed E-state index contributed by atoms with van der Waals surface area (Å²) in [5.74, 6) is 1.44. The van der Waals surface area contributed by atoms with Gasteiger partial charge in [0.2, 0.25) is 0 Å². The number of halogens is 1. The second-order valence-electron chi connectivity index (χ2n) is 6.88. The SMILES string of the molecule is CCn1c(SCc2ccccc2C(=O)N2CCOCC2)nnc1-c1ccccc1Cl. The number of hydrogen-bond donors (Lipinski definition) is 0. The minimum absolute atomic E-state index is 0.0585. The van der Waals surface area contributed by atoms with Gasteiger partial charge in [0.1, 0.15) is 0 Å². The maximum atomic E-state index is 13.0. The van der Waals surface area contributed by atoms with E-state index in [0.29, 0.717) is 37.1 Å². The number of ether oxygens (including phenoxy) is 1. The molecule has 0 spiro atoms. The number of morpholine rings is 1. The number of carbonyl (C=O) groups excluding carboxylic acids is 1. The monoisotopic (exact) mass is 442 g/mol. The topological polar surface area (TPSA) is 60.2 Å². The molecular weight excluding hydrogens is 420 g/mol. The Morgan fingerprint density at radius 3 is 2.60 bits per heavy atom. The van der Waals surface area contributed by atoms with Crippen LogP contribution in [0.5, 0.6) is 0 Å². The molecule has 1 amide bonds. The zero-order valence-electron chi connectivity index (χ0n) is 16.8. The fourth-order valence-corrected chi connectivity index (χ4v) is 4.68. The maximum Gasteiger partial charge on any atom is 0.254 e. The summed E-state index contributed by atoms with van der Waals surface area (Å²) < 4.78 is 7.42. The first-order chi connectivity index (χ1) is 14.7. The van der Waals surface area contributed by atoms with Crippen molar-refractivity contribution in [2.75, 3.05) is 26.3 Å². The van der Waals surface area contributed by atoms with Gasteiger partial charge in [-0.1, -0.05) is 53.7 Å². The highest BCUT2D eigenvalue weighted by Crippen LogP contribution is 2.31. The molecule has 0 bridgehead atoms. The van der Waals surface area contributed by atoms with Crippen molar-refractivity contribution in [3.8, 4) is 11.4 Å². The number of nitrogens with zero attached hydrogens (tertiary/aromatic N) is 4. The molecule has 30 heavy (non-hydrogen) atoms. The molecule has 0 aliphatic carbocycles. The Kier molecular flexibility index (Phi) is 6.72. The highest BCUT2D eigenvalue weighted by atomic mass is 35.5. The average molecular weight is 443 g/mol. The Hall–Kier alpha value is -2.35. The van der Waals surface area contributed by atoms with Gasteiger partial charge >= 0.3 is 0 Å². The number of thioether (sulfide) groups is 1. The van der Waals surface area contributed by atoms with E-state index in [2.05, 4.69) is 21.7 Å². The van der Waals surface area contributed by atoms with Gasteiger partial charge in [-0.2, -0.15) is 0 Å². The van der Waals surface area contributed by atoms with E-state index in [4.69, 9.17) is 16.3 Å². The van der Waals surface area contributed by atoms with E-state index >= 15 is 0 Å². The molecule has 1 saturated heterocycles. The molecule has 4 rings (SSSR count). The van der Waals surface area contributed by atoms with Gasteiger partial charge in [0.15, 0.2) is 11.0 Å². The largest absolute Gasteiger partial charge is 0.378 e. The highest BCUT2D eigenvalue weighted by molar-refractivity contribution is 7.98. The molecule has 0 unspecified atom stereocenters. The first-order valence-electron chi connectivity index (χ1n) is 9.95. The predicted molar refractivity (Wildman–Crippen MR) is 119 cm³/mol. The molecule has 0 N–H and O–H groups in total. The van der Waals surface area contributed by atoms with Crippen LogP contribution >= 0.6 is 23.4 Å². The van der Waals surface area contributed by atoms with Crippen molar-refractivity contribution in [2.24, 2.45) is 0 Å². The number of aromatic nitrogens is 3. The van der Waals surface area contributed by atoms with E-state index in [1.165, 1.54) is 0 Å². The van der Waals surface area contributed by atoms with Crippen molar-refractivity contribution in [1.82, 2.24) is 19.7 Å². The summed E-state index contributed by atoms with van der Waals surface area (Å²) in [5, 5.41) is 10.2. The third-order valence-corrected chi connectivity index (χ3v) is 6.40. The number of benzene rings is 2. The minimum Gasteiger partial charge on any atom is -0.378 e. The highest BCUT2D eigenvalue weighted by Gasteiger charge is 2.21. The summed E-state index contributed by atoms with van der Waals surface area (Å²) in [6.45, 7) is 5.23. The number of rotatable bonds is 6. The Balaban J connectivity index is 1.55. The van der Waals surface area contributed by atoms with Crippen molar-refractivity contribution in [3.05, 3.63) is 64.7 Å². The number of carbonyl (C=O) groups is 1. The molecular formula is C22H23ClN4O2S. The summed E-state index contributed by atoms with van der Waals surface area (Å²) in [6, 6.07) is 15.4. The molecule has 0 saturated carbocycles. The summed E-state index contributed by atoms with van der Waals surface area (Å²) in [5.41, 5.74) is 2.59. The van der Waals surface area contributed by atoms with E-state index in [-0.39, 0.29) is 5.91 Å². The average Bonchev–Trinajstić information content (AvgIpc) is 3.21. The van der Waals surface area contributed by atoms with Gasteiger partial charge in [-0.05, 0) is 30.7 Å². The molecule has 1 aromatic heterocycles. The van der Waals surface area contributed by atoms with Crippen molar-refractivity contribution >= 4 is 29.3 Å². The van der Waals surface area contributed by atoms with Gasteiger partial charge in [-0.25, -0.2) is 0 Å². The van der Waals surface area contributed by atoms with Crippen LogP contribution in [0.25, 0.3) is 11.4 Å². The van der Waals surface area contributed by atoms with E-state index in [1.54, 1.807) is 11.8 Å². The van der Waals surface area contributed by atoms with Crippen LogP contribution in [-0.4, -0.2) is 51.9 Å². The van der Waals surface area contributed by atoms with Gasteiger partial charge < -0.3 is 14.2 Å². The molecule has 1 aliphatic heterocycles. The molecule has 1 fully saturated rings. The van der Waals surface area contributed by atoms with E-state index in [0.717, 1.165) is 34.2 Å². The van der Waals surface area contributed by atoms with Crippen molar-refractivity contribution in [2.45, 2.75) is 24.4 Å². The molecule has 2 aromatic carbocycles. The zero-order valence-corrected chi connectivity index (χ0v) is 18.3. The van der Waals surface area contributed by atoms with Crippen LogP contribution < -0.4 is 0 Å². The van der Waals surface area contributed by atoms with Gasteiger partial charge in [0.25, 0.3) is 5.91 Å². The Morgan fingerprint density at radius 1 is 1.10 bits per heavy atom. The molecule has 3 aromatic rings. The van der Waals surface area contributed by atoms with Gasteiger partial charge in [-0.15, -0.1) is 10.2 Å². The molecule has 1 aliphatic rings. The van der Waals surface area contributed by atoms with Crippen molar-refractivity contribution in [3.63, 3.8) is 0 Å². The molecule has 0 radical (unpaired) electrons. The van der Waals surface area contributed by atoms with E-state index in [1.807, 2.05) is 53.4 Å². The second kappa shape index (κ2) is 9.64. The van der Waals surface area contributed by atoms with Crippen LogP contribution in [0.15, 0.2) is 53.7 Å². The lowest BCUT2D eigenvalue weighted by Crippen LogP contribution is -2.41. The van der Waals surface area contributed by atoms with Gasteiger partial charge in [-0.3, -0.25) is 4.79 Å². The summed E-state index contributed by atoms with van der Waals surface area (Å²) in [6.07, 6.45) is 0. The number of amides is 1. The predicted octanol–water partition coefficient (Wildman–Crippen LogP) is 4.38. The third-order valence-electron chi connectivity index (χ3n) is 5.05. The summed E-state index contributed by atoms with van der Waals surface area (Å²) in [7, 11) is 0. The molecule has 2 heterocycles.